The van der Waals surface area contributed by atoms with Crippen LogP contribution in [-0.2, 0) is 4.79 Å². The van der Waals surface area contributed by atoms with Gasteiger partial charge in [-0.1, -0.05) is 33.1 Å². The summed E-state index contributed by atoms with van der Waals surface area (Å²) in [5, 5.41) is 12.2. The van der Waals surface area contributed by atoms with Gasteiger partial charge in [-0.05, 0) is 31.6 Å². The average molecular weight is 236 g/mol. The third-order valence-electron chi connectivity index (χ3n) is 3.60. The van der Waals surface area contributed by atoms with Gasteiger partial charge in [0.25, 0.3) is 0 Å². The molecule has 0 aromatic carbocycles. The molecule has 96 valence electrons. The maximum absolute atomic E-state index is 12.1. The van der Waals surface area contributed by atoms with Gasteiger partial charge in [0, 0.05) is 6.54 Å². The fraction of sp³-hybridized carbons (Fsp3) is 0.857. The molecule has 0 unspecified atom stereocenters. The predicted molar refractivity (Wildman–Crippen MR) is 68.2 cm³/mol. The molecule has 0 aromatic heterocycles. The summed E-state index contributed by atoms with van der Waals surface area (Å²) in [5.74, 6) is 0.634. The summed E-state index contributed by atoms with van der Waals surface area (Å²) >= 11 is 0. The SMILES string of the molecule is CC(C)CCCNC(=O)C1(C#N)CCCCC1. The number of hydrogen-bond donors (Lipinski definition) is 1. The van der Waals surface area contributed by atoms with Crippen molar-refractivity contribution >= 4 is 5.91 Å². The zero-order valence-electron chi connectivity index (χ0n) is 11.1. The third kappa shape index (κ3) is 4.03. The van der Waals surface area contributed by atoms with E-state index in [4.69, 9.17) is 0 Å². The van der Waals surface area contributed by atoms with Gasteiger partial charge >= 0.3 is 0 Å². The van der Waals surface area contributed by atoms with E-state index in [-0.39, 0.29) is 5.91 Å². The lowest BCUT2D eigenvalue weighted by Crippen LogP contribution is -2.41. The summed E-state index contributed by atoms with van der Waals surface area (Å²) in [6, 6.07) is 2.25. The normalized spacial score (nSPS) is 18.7. The van der Waals surface area contributed by atoms with Crippen molar-refractivity contribution in [1.82, 2.24) is 5.32 Å². The van der Waals surface area contributed by atoms with Crippen molar-refractivity contribution in [2.24, 2.45) is 11.3 Å². The van der Waals surface area contributed by atoms with E-state index in [1.807, 2.05) is 0 Å². The quantitative estimate of drug-likeness (QED) is 0.746. The first-order valence-electron chi connectivity index (χ1n) is 6.80. The minimum atomic E-state index is -0.726. The molecule has 1 aliphatic rings. The Kier molecular flexibility index (Phi) is 5.47. The molecule has 1 N–H and O–H groups in total. The second-order valence-electron chi connectivity index (χ2n) is 5.55. The summed E-state index contributed by atoms with van der Waals surface area (Å²) in [5.41, 5.74) is -0.726. The van der Waals surface area contributed by atoms with Crippen LogP contribution in [0.15, 0.2) is 0 Å². The highest BCUT2D eigenvalue weighted by Gasteiger charge is 2.39. The molecule has 1 amide bonds. The van der Waals surface area contributed by atoms with Gasteiger partial charge in [-0.2, -0.15) is 5.26 Å². The van der Waals surface area contributed by atoms with E-state index in [9.17, 15) is 10.1 Å². The molecule has 17 heavy (non-hydrogen) atoms. The summed E-state index contributed by atoms with van der Waals surface area (Å²) in [4.78, 5) is 12.1. The molecule has 0 saturated heterocycles. The van der Waals surface area contributed by atoms with Crippen LogP contribution in [0.5, 0.6) is 0 Å². The fourth-order valence-electron chi connectivity index (χ4n) is 2.43. The predicted octanol–water partition coefficient (Wildman–Crippen LogP) is 3.01. The van der Waals surface area contributed by atoms with E-state index >= 15 is 0 Å². The Labute approximate surface area is 105 Å². The van der Waals surface area contributed by atoms with Crippen molar-refractivity contribution in [2.75, 3.05) is 6.54 Å². The van der Waals surface area contributed by atoms with Crippen molar-refractivity contribution in [3.63, 3.8) is 0 Å². The smallest absolute Gasteiger partial charge is 0.240 e. The molecular weight excluding hydrogens is 212 g/mol. The number of carbonyl (C=O) groups excluding carboxylic acids is 1. The van der Waals surface area contributed by atoms with Crippen LogP contribution in [-0.4, -0.2) is 12.5 Å². The number of carbonyl (C=O) groups is 1. The molecule has 1 rings (SSSR count). The fourth-order valence-corrected chi connectivity index (χ4v) is 2.43. The highest BCUT2D eigenvalue weighted by atomic mass is 16.2. The van der Waals surface area contributed by atoms with Gasteiger partial charge in [0.2, 0.25) is 5.91 Å². The Balaban J connectivity index is 2.37. The molecular formula is C14H24N2O. The standard InChI is InChI=1S/C14H24N2O/c1-12(2)7-6-10-16-13(17)14(11-15)8-4-3-5-9-14/h12H,3-10H2,1-2H3,(H,16,17). The van der Waals surface area contributed by atoms with E-state index in [1.165, 1.54) is 0 Å². The van der Waals surface area contributed by atoms with E-state index < -0.39 is 5.41 Å². The lowest BCUT2D eigenvalue weighted by molar-refractivity contribution is -0.129. The highest BCUT2D eigenvalue weighted by Crippen LogP contribution is 2.35. The zero-order chi connectivity index (χ0) is 12.7. The lowest BCUT2D eigenvalue weighted by atomic mass is 9.74. The molecule has 1 saturated carbocycles. The Morgan fingerprint density at radius 3 is 2.53 bits per heavy atom. The van der Waals surface area contributed by atoms with Crippen molar-refractivity contribution in [3.8, 4) is 6.07 Å². The van der Waals surface area contributed by atoms with E-state index in [2.05, 4.69) is 25.2 Å². The Morgan fingerprint density at radius 2 is 2.00 bits per heavy atom. The Hall–Kier alpha value is -1.04. The first kappa shape index (κ1) is 14.0. The molecule has 1 fully saturated rings. The maximum atomic E-state index is 12.1. The second-order valence-corrected chi connectivity index (χ2v) is 5.55. The van der Waals surface area contributed by atoms with Gasteiger partial charge in [-0.3, -0.25) is 4.79 Å². The van der Waals surface area contributed by atoms with Gasteiger partial charge in [-0.25, -0.2) is 0 Å². The largest absolute Gasteiger partial charge is 0.355 e. The van der Waals surface area contributed by atoms with Gasteiger partial charge in [-0.15, -0.1) is 0 Å². The summed E-state index contributed by atoms with van der Waals surface area (Å²) in [6.07, 6.45) is 6.77. The summed E-state index contributed by atoms with van der Waals surface area (Å²) in [6.45, 7) is 5.07. The summed E-state index contributed by atoms with van der Waals surface area (Å²) < 4.78 is 0. The molecule has 0 aromatic rings. The lowest BCUT2D eigenvalue weighted by Gasteiger charge is -2.29. The molecule has 0 aliphatic heterocycles. The minimum Gasteiger partial charge on any atom is -0.355 e. The number of hydrogen-bond acceptors (Lipinski definition) is 2. The molecule has 3 heteroatoms. The maximum Gasteiger partial charge on any atom is 0.240 e. The van der Waals surface area contributed by atoms with Crippen LogP contribution in [0.2, 0.25) is 0 Å². The van der Waals surface area contributed by atoms with Crippen LogP contribution in [0.4, 0.5) is 0 Å². The number of nitriles is 1. The van der Waals surface area contributed by atoms with Gasteiger partial charge in [0.15, 0.2) is 0 Å². The van der Waals surface area contributed by atoms with Crippen LogP contribution < -0.4 is 5.32 Å². The first-order valence-corrected chi connectivity index (χ1v) is 6.80. The van der Waals surface area contributed by atoms with Crippen LogP contribution in [0.1, 0.15) is 58.8 Å². The molecule has 0 atom stereocenters. The van der Waals surface area contributed by atoms with Gasteiger partial charge in [0.1, 0.15) is 5.41 Å². The van der Waals surface area contributed by atoms with Crippen LogP contribution in [0, 0.1) is 22.7 Å². The minimum absolute atomic E-state index is 0.0385. The van der Waals surface area contributed by atoms with Gasteiger partial charge < -0.3 is 5.32 Å². The number of amides is 1. The highest BCUT2D eigenvalue weighted by molar-refractivity contribution is 5.85. The molecule has 0 spiro atoms. The van der Waals surface area contributed by atoms with Crippen molar-refractivity contribution < 1.29 is 4.79 Å². The first-order chi connectivity index (χ1) is 8.10. The number of nitrogens with one attached hydrogen (secondary N) is 1. The third-order valence-corrected chi connectivity index (χ3v) is 3.60. The van der Waals surface area contributed by atoms with Gasteiger partial charge in [0.05, 0.1) is 6.07 Å². The topological polar surface area (TPSA) is 52.9 Å². The molecule has 0 bridgehead atoms. The molecule has 0 heterocycles. The number of nitrogens with zero attached hydrogens (tertiary/aromatic N) is 1. The van der Waals surface area contributed by atoms with Crippen LogP contribution >= 0.6 is 0 Å². The Bertz CT molecular complexity index is 285. The monoisotopic (exact) mass is 236 g/mol. The Morgan fingerprint density at radius 1 is 1.35 bits per heavy atom. The van der Waals surface area contributed by atoms with E-state index in [0.29, 0.717) is 12.5 Å². The van der Waals surface area contributed by atoms with Crippen LogP contribution in [0.25, 0.3) is 0 Å². The van der Waals surface area contributed by atoms with Crippen LogP contribution in [0.3, 0.4) is 0 Å². The van der Waals surface area contributed by atoms with Crippen molar-refractivity contribution in [2.45, 2.75) is 58.8 Å². The molecule has 0 radical (unpaired) electrons. The van der Waals surface area contributed by atoms with E-state index in [0.717, 1.165) is 44.9 Å². The van der Waals surface area contributed by atoms with E-state index in [1.54, 1.807) is 0 Å². The average Bonchev–Trinajstić information content (AvgIpc) is 2.35. The molecule has 3 nitrogen and oxygen atoms in total. The van der Waals surface area contributed by atoms with Crippen molar-refractivity contribution in [3.05, 3.63) is 0 Å². The second kappa shape index (κ2) is 6.64. The zero-order valence-corrected chi connectivity index (χ0v) is 11.1. The van der Waals surface area contributed by atoms with Crippen molar-refractivity contribution in [1.29, 1.82) is 5.26 Å². The summed E-state index contributed by atoms with van der Waals surface area (Å²) in [7, 11) is 0. The molecule has 1 aliphatic carbocycles. The number of rotatable bonds is 5.